The highest BCUT2D eigenvalue weighted by Crippen LogP contribution is 2.08. The van der Waals surface area contributed by atoms with Crippen molar-refractivity contribution in [1.82, 2.24) is 0 Å². The van der Waals surface area contributed by atoms with Gasteiger partial charge in [-0.3, -0.25) is 9.59 Å². The predicted molar refractivity (Wildman–Crippen MR) is 76.6 cm³/mol. The van der Waals surface area contributed by atoms with E-state index in [4.69, 9.17) is 10.5 Å². The second-order valence-corrected chi connectivity index (χ2v) is 4.96. The average Bonchev–Trinajstić information content (AvgIpc) is 2.39. The third-order valence-electron chi connectivity index (χ3n) is 3.05. The number of esters is 2. The summed E-state index contributed by atoms with van der Waals surface area (Å²) in [6, 6.07) is 0. The van der Waals surface area contributed by atoms with Gasteiger partial charge in [-0.2, -0.15) is 0 Å². The number of unbranched alkanes of at least 4 members (excludes halogenated alkanes) is 7. The first-order valence-electron chi connectivity index (χ1n) is 7.64. The van der Waals surface area contributed by atoms with Crippen molar-refractivity contribution >= 4 is 11.9 Å². The summed E-state index contributed by atoms with van der Waals surface area (Å²) in [5.74, 6) is -0.771. The Balaban J connectivity index is 3.39. The molecule has 0 spiro atoms. The molecule has 0 atom stereocenters. The molecule has 0 aromatic carbocycles. The number of carbonyl (C=O) groups excluding carboxylic acids is 2. The fourth-order valence-corrected chi connectivity index (χ4v) is 1.87. The summed E-state index contributed by atoms with van der Waals surface area (Å²) in [4.78, 5) is 22.7. The van der Waals surface area contributed by atoms with Crippen LogP contribution in [0.25, 0.3) is 0 Å². The van der Waals surface area contributed by atoms with Gasteiger partial charge in [0.2, 0.25) is 0 Å². The van der Waals surface area contributed by atoms with E-state index in [0.717, 1.165) is 38.5 Å². The zero-order valence-electron chi connectivity index (χ0n) is 12.3. The fraction of sp³-hybridized carbons (Fsp3) is 0.867. The van der Waals surface area contributed by atoms with Gasteiger partial charge < -0.3 is 10.5 Å². The second kappa shape index (κ2) is 13.5. The van der Waals surface area contributed by atoms with Gasteiger partial charge >= 0.3 is 11.9 Å². The molecule has 0 aromatic rings. The van der Waals surface area contributed by atoms with E-state index in [2.05, 4.69) is 6.92 Å². The molecule has 0 aliphatic heterocycles. The van der Waals surface area contributed by atoms with Crippen molar-refractivity contribution in [2.24, 2.45) is 5.73 Å². The molecule has 0 rings (SSSR count). The smallest absolute Gasteiger partial charge is 0.313 e. The lowest BCUT2D eigenvalue weighted by Gasteiger charge is -2.03. The van der Waals surface area contributed by atoms with Gasteiger partial charge in [-0.25, -0.2) is 0 Å². The van der Waals surface area contributed by atoms with Gasteiger partial charge in [-0.05, 0) is 25.8 Å². The number of nitrogens with two attached hydrogens (primary N) is 1. The first-order chi connectivity index (χ1) is 9.20. The maximum atomic E-state index is 11.4. The fourth-order valence-electron chi connectivity index (χ4n) is 1.87. The molecular formula is C15H29NO3. The van der Waals surface area contributed by atoms with Gasteiger partial charge in [-0.1, -0.05) is 45.4 Å². The minimum atomic E-state index is -0.395. The Kier molecular flexibility index (Phi) is 12.9. The number of hydrogen-bond acceptors (Lipinski definition) is 4. The molecule has 0 heterocycles. The molecule has 0 bridgehead atoms. The Morgan fingerprint density at radius 3 is 1.79 bits per heavy atom. The van der Waals surface area contributed by atoms with Crippen LogP contribution in [0.15, 0.2) is 0 Å². The molecule has 4 heteroatoms. The van der Waals surface area contributed by atoms with Crippen LogP contribution in [-0.4, -0.2) is 18.5 Å². The van der Waals surface area contributed by atoms with Crippen LogP contribution in [0, 0.1) is 0 Å². The first kappa shape index (κ1) is 18.1. The van der Waals surface area contributed by atoms with Gasteiger partial charge in [-0.15, -0.1) is 0 Å². The Morgan fingerprint density at radius 2 is 1.26 bits per heavy atom. The molecule has 4 nitrogen and oxygen atoms in total. The van der Waals surface area contributed by atoms with Crippen LogP contribution in [0.2, 0.25) is 0 Å². The lowest BCUT2D eigenvalue weighted by atomic mass is 10.1. The molecule has 0 aromatic heterocycles. The van der Waals surface area contributed by atoms with Crippen molar-refractivity contribution in [3.8, 4) is 0 Å². The Hall–Kier alpha value is -0.900. The van der Waals surface area contributed by atoms with Gasteiger partial charge in [0.1, 0.15) is 0 Å². The van der Waals surface area contributed by atoms with Crippen LogP contribution >= 0.6 is 0 Å². The zero-order chi connectivity index (χ0) is 14.3. The number of ether oxygens (including phenoxy) is 1. The van der Waals surface area contributed by atoms with Gasteiger partial charge in [0.15, 0.2) is 0 Å². The van der Waals surface area contributed by atoms with Crippen molar-refractivity contribution in [1.29, 1.82) is 0 Å². The normalized spacial score (nSPS) is 10.4. The van der Waals surface area contributed by atoms with Crippen molar-refractivity contribution in [3.05, 3.63) is 0 Å². The largest absolute Gasteiger partial charge is 0.393 e. The maximum Gasteiger partial charge on any atom is 0.313 e. The van der Waals surface area contributed by atoms with Crippen LogP contribution in [0.4, 0.5) is 0 Å². The highest BCUT2D eigenvalue weighted by Gasteiger charge is 2.09. The Morgan fingerprint density at radius 1 is 0.789 bits per heavy atom. The molecular weight excluding hydrogens is 242 g/mol. The predicted octanol–water partition coefficient (Wildman–Crippen LogP) is 3.33. The molecule has 2 N–H and O–H groups in total. The molecule has 0 saturated heterocycles. The van der Waals surface area contributed by atoms with Crippen LogP contribution < -0.4 is 5.73 Å². The standard InChI is InChI=1S/C15H29NO3/c1-2-3-4-5-6-8-11-14(17)19-15(18)12-9-7-10-13-16/h2-13,16H2,1H3. The van der Waals surface area contributed by atoms with Crippen molar-refractivity contribution in [2.45, 2.75) is 77.6 Å². The van der Waals surface area contributed by atoms with E-state index in [9.17, 15) is 9.59 Å². The van der Waals surface area contributed by atoms with E-state index in [1.54, 1.807) is 0 Å². The highest BCUT2D eigenvalue weighted by molar-refractivity contribution is 5.85. The van der Waals surface area contributed by atoms with E-state index in [-0.39, 0.29) is 5.97 Å². The van der Waals surface area contributed by atoms with E-state index < -0.39 is 5.97 Å². The number of rotatable bonds is 12. The lowest BCUT2D eigenvalue weighted by molar-refractivity contribution is -0.159. The molecule has 19 heavy (non-hydrogen) atoms. The summed E-state index contributed by atoms with van der Waals surface area (Å²) in [5, 5.41) is 0. The lowest BCUT2D eigenvalue weighted by Crippen LogP contribution is -2.12. The summed E-state index contributed by atoms with van der Waals surface area (Å²) in [6.07, 6.45) is 9.99. The summed E-state index contributed by atoms with van der Waals surface area (Å²) >= 11 is 0. The second-order valence-electron chi connectivity index (χ2n) is 4.96. The van der Waals surface area contributed by atoms with E-state index in [1.165, 1.54) is 19.3 Å². The Bertz CT molecular complexity index is 242. The summed E-state index contributed by atoms with van der Waals surface area (Å²) in [7, 11) is 0. The van der Waals surface area contributed by atoms with Crippen molar-refractivity contribution in [2.75, 3.05) is 6.54 Å². The van der Waals surface area contributed by atoms with Crippen LogP contribution in [0.5, 0.6) is 0 Å². The van der Waals surface area contributed by atoms with Gasteiger partial charge in [0.25, 0.3) is 0 Å². The third kappa shape index (κ3) is 13.3. The van der Waals surface area contributed by atoms with Gasteiger partial charge in [0, 0.05) is 12.8 Å². The molecule has 0 unspecified atom stereocenters. The molecule has 0 amide bonds. The highest BCUT2D eigenvalue weighted by atomic mass is 16.6. The van der Waals surface area contributed by atoms with Crippen LogP contribution in [-0.2, 0) is 14.3 Å². The third-order valence-corrected chi connectivity index (χ3v) is 3.05. The number of carbonyl (C=O) groups is 2. The summed E-state index contributed by atoms with van der Waals surface area (Å²) < 4.78 is 4.75. The molecule has 0 aliphatic carbocycles. The molecule has 0 saturated carbocycles. The number of hydrogen-bond donors (Lipinski definition) is 1. The Labute approximate surface area is 117 Å². The molecule has 0 radical (unpaired) electrons. The van der Waals surface area contributed by atoms with Crippen molar-refractivity contribution in [3.63, 3.8) is 0 Å². The average molecular weight is 271 g/mol. The minimum Gasteiger partial charge on any atom is -0.393 e. The molecule has 0 aliphatic rings. The summed E-state index contributed by atoms with van der Waals surface area (Å²) in [5.41, 5.74) is 5.35. The molecule has 112 valence electrons. The minimum absolute atomic E-state index is 0.322. The topological polar surface area (TPSA) is 69.4 Å². The van der Waals surface area contributed by atoms with Crippen LogP contribution in [0.1, 0.15) is 77.6 Å². The van der Waals surface area contributed by atoms with E-state index >= 15 is 0 Å². The monoisotopic (exact) mass is 271 g/mol. The quantitative estimate of drug-likeness (QED) is 0.336. The SMILES string of the molecule is CCCCCCCCC(=O)OC(=O)CCCCCN. The first-order valence-corrected chi connectivity index (χ1v) is 7.64. The van der Waals surface area contributed by atoms with Gasteiger partial charge in [0.05, 0.1) is 0 Å². The van der Waals surface area contributed by atoms with E-state index in [1.807, 2.05) is 0 Å². The van der Waals surface area contributed by atoms with Crippen LogP contribution in [0.3, 0.4) is 0 Å². The zero-order valence-corrected chi connectivity index (χ0v) is 12.3. The summed E-state index contributed by atoms with van der Waals surface area (Å²) in [6.45, 7) is 2.82. The van der Waals surface area contributed by atoms with E-state index in [0.29, 0.717) is 19.4 Å². The maximum absolute atomic E-state index is 11.4. The molecule has 0 fully saturated rings. The van der Waals surface area contributed by atoms with Crippen molar-refractivity contribution < 1.29 is 14.3 Å².